The number of piperidine rings is 1. The number of benzene rings is 1. The summed E-state index contributed by atoms with van der Waals surface area (Å²) in [5, 5.41) is 6.79. The molecule has 2 heterocycles. The van der Waals surface area contributed by atoms with Crippen LogP contribution in [0.25, 0.3) is 0 Å². The van der Waals surface area contributed by atoms with Gasteiger partial charge in [-0.15, -0.1) is 0 Å². The van der Waals surface area contributed by atoms with Crippen LogP contribution in [0.15, 0.2) is 24.3 Å². The molecule has 0 radical (unpaired) electrons. The topological polar surface area (TPSA) is 50.4 Å². The predicted octanol–water partition coefficient (Wildman–Crippen LogP) is 1.49. The minimum atomic E-state index is -0.167. The number of para-hydroxylation sites is 1. The maximum absolute atomic E-state index is 11.8. The van der Waals surface area contributed by atoms with Crippen LogP contribution in [0.2, 0.25) is 0 Å². The minimum Gasteiger partial charge on any atom is -0.465 e. The largest absolute Gasteiger partial charge is 0.465 e. The van der Waals surface area contributed by atoms with Crippen LogP contribution in [0.1, 0.15) is 24.8 Å². The van der Waals surface area contributed by atoms with Crippen molar-refractivity contribution in [2.24, 2.45) is 0 Å². The number of fused-ring (bicyclic) bond motifs is 3. The van der Waals surface area contributed by atoms with Crippen molar-refractivity contribution in [3.05, 3.63) is 29.8 Å². The molecule has 0 aromatic heterocycles. The van der Waals surface area contributed by atoms with Crippen LogP contribution >= 0.6 is 0 Å². The van der Waals surface area contributed by atoms with E-state index in [-0.39, 0.29) is 12.0 Å². The average molecular weight is 246 g/mol. The molecule has 2 aliphatic heterocycles. The van der Waals surface area contributed by atoms with Gasteiger partial charge in [-0.3, -0.25) is 4.79 Å². The van der Waals surface area contributed by atoms with E-state index in [0.717, 1.165) is 13.0 Å². The second kappa shape index (κ2) is 4.61. The summed E-state index contributed by atoms with van der Waals surface area (Å²) in [6.45, 7) is 3.10. The lowest BCUT2D eigenvalue weighted by Crippen LogP contribution is -2.50. The number of hydrogen-bond donors (Lipinski definition) is 2. The molecule has 2 N–H and O–H groups in total. The van der Waals surface area contributed by atoms with Crippen molar-refractivity contribution in [3.8, 4) is 0 Å². The molecule has 0 spiro atoms. The van der Waals surface area contributed by atoms with E-state index in [2.05, 4.69) is 28.8 Å². The third-order valence-corrected chi connectivity index (χ3v) is 3.83. The molecule has 0 saturated carbocycles. The molecule has 0 bridgehead atoms. The van der Waals surface area contributed by atoms with Crippen molar-refractivity contribution in [3.63, 3.8) is 0 Å². The molecule has 1 aromatic rings. The van der Waals surface area contributed by atoms with Crippen molar-refractivity contribution in [2.45, 2.75) is 31.3 Å². The molecular weight excluding hydrogens is 228 g/mol. The number of anilines is 1. The Morgan fingerprint density at radius 2 is 2.28 bits per heavy atom. The highest BCUT2D eigenvalue weighted by Gasteiger charge is 2.39. The maximum atomic E-state index is 11.8. The molecular formula is C14H18N2O2. The molecule has 4 heteroatoms. The number of rotatable bonds is 2. The first-order valence-electron chi connectivity index (χ1n) is 6.55. The zero-order chi connectivity index (χ0) is 12.5. The number of nitrogens with one attached hydrogen (secondary N) is 2. The van der Waals surface area contributed by atoms with Crippen molar-refractivity contribution in [1.29, 1.82) is 0 Å². The van der Waals surface area contributed by atoms with Gasteiger partial charge >= 0.3 is 5.97 Å². The zero-order valence-electron chi connectivity index (χ0n) is 10.5. The summed E-state index contributed by atoms with van der Waals surface area (Å²) in [6, 6.07) is 8.59. The lowest BCUT2D eigenvalue weighted by atomic mass is 9.85. The van der Waals surface area contributed by atoms with E-state index in [4.69, 9.17) is 4.74 Å². The lowest BCUT2D eigenvalue weighted by Gasteiger charge is -2.31. The lowest BCUT2D eigenvalue weighted by molar-refractivity contribution is -0.146. The van der Waals surface area contributed by atoms with E-state index < -0.39 is 0 Å². The van der Waals surface area contributed by atoms with Crippen LogP contribution in [-0.4, -0.2) is 31.2 Å². The van der Waals surface area contributed by atoms with Crippen molar-refractivity contribution in [2.75, 3.05) is 18.5 Å². The first-order chi connectivity index (χ1) is 8.79. The minimum absolute atomic E-state index is 0.125. The number of esters is 1. The Labute approximate surface area is 107 Å². The summed E-state index contributed by atoms with van der Waals surface area (Å²) in [6.07, 6.45) is 0.813. The summed E-state index contributed by atoms with van der Waals surface area (Å²) in [5.74, 6) is 0.289. The highest BCUT2D eigenvalue weighted by atomic mass is 16.5. The summed E-state index contributed by atoms with van der Waals surface area (Å²) >= 11 is 0. The molecule has 1 saturated heterocycles. The molecule has 96 valence electrons. The Balaban J connectivity index is 1.77. The van der Waals surface area contributed by atoms with Gasteiger partial charge in [-0.25, -0.2) is 0 Å². The average Bonchev–Trinajstić information content (AvgIpc) is 2.76. The molecule has 3 atom stereocenters. The van der Waals surface area contributed by atoms with Gasteiger partial charge in [-0.1, -0.05) is 18.2 Å². The van der Waals surface area contributed by atoms with Crippen molar-refractivity contribution < 1.29 is 9.53 Å². The van der Waals surface area contributed by atoms with Crippen LogP contribution in [0.5, 0.6) is 0 Å². The van der Waals surface area contributed by atoms with Crippen LogP contribution in [0.4, 0.5) is 5.69 Å². The van der Waals surface area contributed by atoms with E-state index in [1.807, 2.05) is 13.0 Å². The van der Waals surface area contributed by atoms with Gasteiger partial charge in [0.1, 0.15) is 6.04 Å². The van der Waals surface area contributed by atoms with E-state index in [0.29, 0.717) is 18.6 Å². The van der Waals surface area contributed by atoms with Gasteiger partial charge in [0.15, 0.2) is 0 Å². The molecule has 18 heavy (non-hydrogen) atoms. The normalized spacial score (nSPS) is 29.1. The Bertz CT molecular complexity index is 461. The Morgan fingerprint density at radius 1 is 1.44 bits per heavy atom. The summed E-state index contributed by atoms with van der Waals surface area (Å²) in [5.41, 5.74) is 2.54. The monoisotopic (exact) mass is 246 g/mol. The van der Waals surface area contributed by atoms with Crippen LogP contribution < -0.4 is 10.6 Å². The molecule has 1 aromatic carbocycles. The van der Waals surface area contributed by atoms with Gasteiger partial charge in [0, 0.05) is 24.2 Å². The first-order valence-corrected chi connectivity index (χ1v) is 6.55. The second-order valence-electron chi connectivity index (χ2n) is 4.89. The molecule has 3 unspecified atom stereocenters. The van der Waals surface area contributed by atoms with E-state index in [1.165, 1.54) is 11.3 Å². The molecule has 0 aliphatic carbocycles. The van der Waals surface area contributed by atoms with Crippen molar-refractivity contribution >= 4 is 11.7 Å². The second-order valence-corrected chi connectivity index (χ2v) is 4.89. The van der Waals surface area contributed by atoms with Crippen LogP contribution in [0.3, 0.4) is 0 Å². The Kier molecular flexibility index (Phi) is 2.96. The molecule has 3 rings (SSSR count). The standard InChI is InChI=1S/C14H18N2O2/c1-2-18-14(17)12-7-10-9-5-3-4-6-11(9)16-13(10)8-15-12/h3-6,10,12-13,15-16H,2,7-8H2,1H3. The number of carbonyl (C=O) groups is 1. The van der Waals surface area contributed by atoms with Gasteiger partial charge in [-0.05, 0) is 25.0 Å². The van der Waals surface area contributed by atoms with E-state index in [1.54, 1.807) is 0 Å². The highest BCUT2D eigenvalue weighted by molar-refractivity contribution is 5.76. The first kappa shape index (κ1) is 11.5. The van der Waals surface area contributed by atoms with Gasteiger partial charge in [-0.2, -0.15) is 0 Å². The molecule has 0 amide bonds. The van der Waals surface area contributed by atoms with Crippen LogP contribution in [0, 0.1) is 0 Å². The fourth-order valence-corrected chi connectivity index (χ4v) is 2.98. The maximum Gasteiger partial charge on any atom is 0.323 e. The fourth-order valence-electron chi connectivity index (χ4n) is 2.98. The fraction of sp³-hybridized carbons (Fsp3) is 0.500. The summed E-state index contributed by atoms with van der Waals surface area (Å²) in [4.78, 5) is 11.8. The quantitative estimate of drug-likeness (QED) is 0.776. The third-order valence-electron chi connectivity index (χ3n) is 3.83. The van der Waals surface area contributed by atoms with Gasteiger partial charge in [0.2, 0.25) is 0 Å². The van der Waals surface area contributed by atoms with E-state index >= 15 is 0 Å². The Hall–Kier alpha value is -1.55. The zero-order valence-corrected chi connectivity index (χ0v) is 10.5. The van der Waals surface area contributed by atoms with Crippen molar-refractivity contribution in [1.82, 2.24) is 5.32 Å². The van der Waals surface area contributed by atoms with Gasteiger partial charge in [0.25, 0.3) is 0 Å². The number of ether oxygens (including phenoxy) is 1. The van der Waals surface area contributed by atoms with Gasteiger partial charge in [0.05, 0.1) is 6.61 Å². The SMILES string of the molecule is CCOC(=O)C1CC2c3ccccc3NC2CN1. The number of carbonyl (C=O) groups excluding carboxylic acids is 1. The summed E-state index contributed by atoms with van der Waals surface area (Å²) < 4.78 is 5.10. The summed E-state index contributed by atoms with van der Waals surface area (Å²) in [7, 11) is 0. The number of hydrogen-bond acceptors (Lipinski definition) is 4. The molecule has 2 aliphatic rings. The molecule has 4 nitrogen and oxygen atoms in total. The smallest absolute Gasteiger partial charge is 0.323 e. The predicted molar refractivity (Wildman–Crippen MR) is 69.6 cm³/mol. The Morgan fingerprint density at radius 3 is 3.11 bits per heavy atom. The highest BCUT2D eigenvalue weighted by Crippen LogP contribution is 2.40. The van der Waals surface area contributed by atoms with E-state index in [9.17, 15) is 4.79 Å². The molecule has 1 fully saturated rings. The van der Waals surface area contributed by atoms with Crippen LogP contribution in [-0.2, 0) is 9.53 Å². The van der Waals surface area contributed by atoms with Gasteiger partial charge < -0.3 is 15.4 Å². The third kappa shape index (κ3) is 1.86.